The molecule has 6 heteroatoms. The number of amides is 1. The number of rotatable bonds is 5. The van der Waals surface area contributed by atoms with Crippen LogP contribution in [0.2, 0.25) is 5.02 Å². The van der Waals surface area contributed by atoms with Crippen LogP contribution in [0.25, 0.3) is 0 Å². The summed E-state index contributed by atoms with van der Waals surface area (Å²) < 4.78 is 17.8. The van der Waals surface area contributed by atoms with E-state index < -0.39 is 24.3 Å². The Kier molecular flexibility index (Phi) is 5.71. The molecule has 0 aliphatic heterocycles. The van der Waals surface area contributed by atoms with Crippen molar-refractivity contribution in [2.45, 2.75) is 13.3 Å². The van der Waals surface area contributed by atoms with Crippen LogP contribution in [0, 0.1) is 12.7 Å². The molecule has 1 N–H and O–H groups in total. The number of hydrogen-bond acceptors (Lipinski definition) is 3. The van der Waals surface area contributed by atoms with Crippen molar-refractivity contribution in [1.82, 2.24) is 0 Å². The van der Waals surface area contributed by atoms with Crippen molar-refractivity contribution < 1.29 is 18.7 Å². The summed E-state index contributed by atoms with van der Waals surface area (Å²) in [5.74, 6) is -1.55. The number of hydrogen-bond donors (Lipinski definition) is 1. The molecule has 0 bridgehead atoms. The predicted octanol–water partition coefficient (Wildman–Crippen LogP) is 3.51. The Balaban J connectivity index is 1.84. The molecule has 2 aromatic rings. The Labute approximate surface area is 138 Å². The molecule has 0 unspecified atom stereocenters. The summed E-state index contributed by atoms with van der Waals surface area (Å²) in [7, 11) is 0. The lowest BCUT2D eigenvalue weighted by Crippen LogP contribution is -2.22. The number of benzene rings is 2. The largest absolute Gasteiger partial charge is 0.455 e. The average Bonchev–Trinajstić information content (AvgIpc) is 2.50. The number of esters is 1. The summed E-state index contributed by atoms with van der Waals surface area (Å²) in [6.07, 6.45) is 0.0945. The summed E-state index contributed by atoms with van der Waals surface area (Å²) in [4.78, 5) is 23.5. The van der Waals surface area contributed by atoms with E-state index in [2.05, 4.69) is 5.32 Å². The van der Waals surface area contributed by atoms with Gasteiger partial charge in [0.2, 0.25) is 0 Å². The summed E-state index contributed by atoms with van der Waals surface area (Å²) >= 11 is 5.80. The van der Waals surface area contributed by atoms with Crippen molar-refractivity contribution in [3.63, 3.8) is 0 Å². The number of aryl methyl sites for hydroxylation is 1. The number of halogens is 2. The lowest BCUT2D eigenvalue weighted by molar-refractivity contribution is -0.146. The standard InChI is InChI=1S/C17H15ClFNO3/c1-11-4-2-3-5-12(11)8-17(22)23-10-16(21)20-15-7-6-13(19)9-14(15)18/h2-7,9H,8,10H2,1H3,(H,20,21). The fraction of sp³-hybridized carbons (Fsp3) is 0.176. The molecule has 120 valence electrons. The monoisotopic (exact) mass is 335 g/mol. The first-order chi connectivity index (χ1) is 11.0. The first kappa shape index (κ1) is 17.0. The molecule has 1 amide bonds. The number of carbonyl (C=O) groups excluding carboxylic acids is 2. The third-order valence-electron chi connectivity index (χ3n) is 3.17. The van der Waals surface area contributed by atoms with Crippen LogP contribution in [0.1, 0.15) is 11.1 Å². The second-order valence-corrected chi connectivity index (χ2v) is 5.34. The van der Waals surface area contributed by atoms with Crippen molar-refractivity contribution in [2.24, 2.45) is 0 Å². The van der Waals surface area contributed by atoms with Crippen LogP contribution in [-0.4, -0.2) is 18.5 Å². The molecule has 0 aliphatic rings. The van der Waals surface area contributed by atoms with E-state index in [9.17, 15) is 14.0 Å². The summed E-state index contributed by atoms with van der Waals surface area (Å²) in [6, 6.07) is 11.0. The van der Waals surface area contributed by atoms with Gasteiger partial charge in [-0.05, 0) is 36.2 Å². The summed E-state index contributed by atoms with van der Waals surface area (Å²) in [5.41, 5.74) is 2.08. The summed E-state index contributed by atoms with van der Waals surface area (Å²) in [6.45, 7) is 1.46. The van der Waals surface area contributed by atoms with Crippen LogP contribution in [-0.2, 0) is 20.7 Å². The highest BCUT2D eigenvalue weighted by molar-refractivity contribution is 6.33. The van der Waals surface area contributed by atoms with Crippen molar-refractivity contribution in [3.05, 3.63) is 64.4 Å². The molecule has 0 saturated heterocycles. The molecule has 2 aromatic carbocycles. The minimum absolute atomic E-state index is 0.0737. The molecule has 0 heterocycles. The highest BCUT2D eigenvalue weighted by Crippen LogP contribution is 2.22. The lowest BCUT2D eigenvalue weighted by atomic mass is 10.1. The van der Waals surface area contributed by atoms with E-state index >= 15 is 0 Å². The molecular weight excluding hydrogens is 321 g/mol. The maximum atomic E-state index is 12.9. The van der Waals surface area contributed by atoms with Crippen LogP contribution in [0.3, 0.4) is 0 Å². The molecule has 0 radical (unpaired) electrons. The molecule has 23 heavy (non-hydrogen) atoms. The normalized spacial score (nSPS) is 10.2. The van der Waals surface area contributed by atoms with Gasteiger partial charge in [0.25, 0.3) is 5.91 Å². The average molecular weight is 336 g/mol. The Morgan fingerprint density at radius 1 is 1.22 bits per heavy atom. The predicted molar refractivity (Wildman–Crippen MR) is 85.9 cm³/mol. The Morgan fingerprint density at radius 2 is 1.96 bits per heavy atom. The zero-order valence-electron chi connectivity index (χ0n) is 12.4. The fourth-order valence-electron chi connectivity index (χ4n) is 1.94. The van der Waals surface area contributed by atoms with E-state index in [1.54, 1.807) is 0 Å². The van der Waals surface area contributed by atoms with Crippen molar-refractivity contribution in [2.75, 3.05) is 11.9 Å². The number of anilines is 1. The fourth-order valence-corrected chi connectivity index (χ4v) is 2.15. The zero-order chi connectivity index (χ0) is 16.8. The topological polar surface area (TPSA) is 55.4 Å². The number of ether oxygens (including phenoxy) is 1. The minimum atomic E-state index is -0.545. The molecular formula is C17H15ClFNO3. The molecule has 0 aliphatic carbocycles. The number of nitrogens with one attached hydrogen (secondary N) is 1. The van der Waals surface area contributed by atoms with E-state index in [0.29, 0.717) is 0 Å². The highest BCUT2D eigenvalue weighted by Gasteiger charge is 2.11. The molecule has 0 saturated carbocycles. The van der Waals surface area contributed by atoms with Crippen LogP contribution in [0.4, 0.5) is 10.1 Å². The quantitative estimate of drug-likeness (QED) is 0.851. The Hall–Kier alpha value is -2.40. The van der Waals surface area contributed by atoms with Gasteiger partial charge in [0.1, 0.15) is 5.82 Å². The van der Waals surface area contributed by atoms with Gasteiger partial charge in [0.15, 0.2) is 6.61 Å². The van der Waals surface area contributed by atoms with Crippen LogP contribution >= 0.6 is 11.6 Å². The molecule has 0 aromatic heterocycles. The third-order valence-corrected chi connectivity index (χ3v) is 3.48. The van der Waals surface area contributed by atoms with E-state index in [1.165, 1.54) is 12.1 Å². The maximum Gasteiger partial charge on any atom is 0.310 e. The zero-order valence-corrected chi connectivity index (χ0v) is 13.2. The van der Waals surface area contributed by atoms with Gasteiger partial charge >= 0.3 is 5.97 Å². The highest BCUT2D eigenvalue weighted by atomic mass is 35.5. The van der Waals surface area contributed by atoms with Crippen molar-refractivity contribution in [3.8, 4) is 0 Å². The van der Waals surface area contributed by atoms with Crippen LogP contribution < -0.4 is 5.32 Å². The Morgan fingerprint density at radius 3 is 2.65 bits per heavy atom. The molecule has 4 nitrogen and oxygen atoms in total. The van der Waals surface area contributed by atoms with Gasteiger partial charge in [-0.15, -0.1) is 0 Å². The van der Waals surface area contributed by atoms with Gasteiger partial charge in [-0.1, -0.05) is 35.9 Å². The first-order valence-electron chi connectivity index (χ1n) is 6.91. The van der Waals surface area contributed by atoms with Gasteiger partial charge in [0.05, 0.1) is 17.1 Å². The molecule has 0 atom stereocenters. The lowest BCUT2D eigenvalue weighted by Gasteiger charge is -2.09. The minimum Gasteiger partial charge on any atom is -0.455 e. The van der Waals surface area contributed by atoms with Crippen LogP contribution in [0.5, 0.6) is 0 Å². The molecule has 2 rings (SSSR count). The third kappa shape index (κ3) is 5.07. The van der Waals surface area contributed by atoms with E-state index in [0.717, 1.165) is 17.2 Å². The molecule has 0 fully saturated rings. The van der Waals surface area contributed by atoms with Gasteiger partial charge in [-0.2, -0.15) is 0 Å². The first-order valence-corrected chi connectivity index (χ1v) is 7.28. The van der Waals surface area contributed by atoms with Gasteiger partial charge in [-0.25, -0.2) is 4.39 Å². The van der Waals surface area contributed by atoms with E-state index in [1.807, 2.05) is 31.2 Å². The van der Waals surface area contributed by atoms with Gasteiger partial charge in [0, 0.05) is 0 Å². The summed E-state index contributed by atoms with van der Waals surface area (Å²) in [5, 5.41) is 2.53. The van der Waals surface area contributed by atoms with Crippen molar-refractivity contribution in [1.29, 1.82) is 0 Å². The maximum absolute atomic E-state index is 12.9. The van der Waals surface area contributed by atoms with Gasteiger partial charge < -0.3 is 10.1 Å². The van der Waals surface area contributed by atoms with E-state index in [4.69, 9.17) is 16.3 Å². The Bertz CT molecular complexity index is 734. The van der Waals surface area contributed by atoms with E-state index in [-0.39, 0.29) is 17.1 Å². The SMILES string of the molecule is Cc1ccccc1CC(=O)OCC(=O)Nc1ccc(F)cc1Cl. The van der Waals surface area contributed by atoms with Crippen molar-refractivity contribution >= 4 is 29.2 Å². The smallest absolute Gasteiger partial charge is 0.310 e. The van der Waals surface area contributed by atoms with Gasteiger partial charge in [-0.3, -0.25) is 9.59 Å². The van der Waals surface area contributed by atoms with Crippen LogP contribution in [0.15, 0.2) is 42.5 Å². The second-order valence-electron chi connectivity index (χ2n) is 4.94. The molecule has 0 spiro atoms. The second kappa shape index (κ2) is 7.74. The number of carbonyl (C=O) groups is 2.